The lowest BCUT2D eigenvalue weighted by Gasteiger charge is -2.27. The predicted molar refractivity (Wildman–Crippen MR) is 165 cm³/mol. The molecule has 2 aromatic heterocycles. The summed E-state index contributed by atoms with van der Waals surface area (Å²) in [5, 5.41) is 11.5. The minimum absolute atomic E-state index is 0.133. The normalized spacial score (nSPS) is 14.4. The molecule has 1 fully saturated rings. The Balaban J connectivity index is 1.37. The molecule has 1 amide bonds. The van der Waals surface area contributed by atoms with Crippen LogP contribution in [0.2, 0.25) is 15.1 Å². The molecule has 0 saturated heterocycles. The van der Waals surface area contributed by atoms with Crippen LogP contribution in [0.5, 0.6) is 0 Å². The number of hydrogen-bond acceptors (Lipinski definition) is 6. The molecule has 8 nitrogen and oxygen atoms in total. The number of nitrogens with one attached hydrogen (secondary N) is 3. The fraction of sp³-hybridized carbons (Fsp3) is 0.333. The van der Waals surface area contributed by atoms with E-state index in [9.17, 15) is 4.79 Å². The standard InChI is InChI=1S/C30H32Cl3N7O/c31-23-8-4-7-21(13-23)17-35-27-16-28(40-12-11-34-19-40)39-30(38-27)37-26(14-20-5-2-1-3-6-20)29(41)36-18-22-9-10-24(32)15-25(22)33/h4,7-13,15-16,19-20,26H,1-3,5-6,14,17-18H2,(H,36,41)(H2,35,37,38,39). The van der Waals surface area contributed by atoms with Crippen LogP contribution < -0.4 is 16.0 Å². The Morgan fingerprint density at radius 3 is 2.56 bits per heavy atom. The summed E-state index contributed by atoms with van der Waals surface area (Å²) in [6, 6.07) is 14.2. The van der Waals surface area contributed by atoms with E-state index in [4.69, 9.17) is 44.8 Å². The summed E-state index contributed by atoms with van der Waals surface area (Å²) in [6.45, 7) is 0.814. The Labute approximate surface area is 254 Å². The molecule has 0 radical (unpaired) electrons. The summed E-state index contributed by atoms with van der Waals surface area (Å²) in [6.07, 6.45) is 11.7. The van der Waals surface area contributed by atoms with Gasteiger partial charge in [-0.05, 0) is 47.7 Å². The van der Waals surface area contributed by atoms with E-state index in [0.717, 1.165) is 24.0 Å². The summed E-state index contributed by atoms with van der Waals surface area (Å²) in [5.74, 6) is 1.90. The minimum atomic E-state index is -0.525. The van der Waals surface area contributed by atoms with Crippen molar-refractivity contribution in [2.45, 2.75) is 57.7 Å². The monoisotopic (exact) mass is 611 g/mol. The van der Waals surface area contributed by atoms with E-state index in [1.807, 2.05) is 42.6 Å². The number of carbonyl (C=O) groups excluding carboxylic acids is 1. The van der Waals surface area contributed by atoms with Gasteiger partial charge in [0.05, 0.1) is 0 Å². The first-order valence-corrected chi connectivity index (χ1v) is 14.9. The second-order valence-corrected chi connectivity index (χ2v) is 11.6. The van der Waals surface area contributed by atoms with Crippen LogP contribution in [-0.2, 0) is 17.9 Å². The average molecular weight is 613 g/mol. The van der Waals surface area contributed by atoms with Gasteiger partial charge in [0.15, 0.2) is 0 Å². The van der Waals surface area contributed by atoms with Crippen LogP contribution >= 0.6 is 34.8 Å². The Morgan fingerprint density at radius 2 is 1.80 bits per heavy atom. The molecule has 0 bridgehead atoms. The molecule has 3 N–H and O–H groups in total. The smallest absolute Gasteiger partial charge is 0.242 e. The molecule has 0 spiro atoms. The van der Waals surface area contributed by atoms with Crippen molar-refractivity contribution >= 4 is 52.5 Å². The highest BCUT2D eigenvalue weighted by Crippen LogP contribution is 2.29. The third kappa shape index (κ3) is 8.35. The van der Waals surface area contributed by atoms with Gasteiger partial charge >= 0.3 is 0 Å². The molecule has 11 heteroatoms. The van der Waals surface area contributed by atoms with Crippen molar-refractivity contribution in [1.29, 1.82) is 0 Å². The molecule has 1 unspecified atom stereocenters. The van der Waals surface area contributed by atoms with Crippen LogP contribution in [0.1, 0.15) is 49.7 Å². The van der Waals surface area contributed by atoms with Gasteiger partial charge in [-0.25, -0.2) is 4.98 Å². The molecule has 0 aliphatic heterocycles. The molecule has 41 heavy (non-hydrogen) atoms. The molecule has 1 aliphatic rings. The third-order valence-corrected chi connectivity index (χ3v) is 8.05. The number of aromatic nitrogens is 4. The predicted octanol–water partition coefficient (Wildman–Crippen LogP) is 7.30. The van der Waals surface area contributed by atoms with E-state index in [0.29, 0.717) is 58.1 Å². The molecule has 2 heterocycles. The average Bonchev–Trinajstić information content (AvgIpc) is 3.51. The number of amides is 1. The van der Waals surface area contributed by atoms with E-state index in [2.05, 4.69) is 20.9 Å². The van der Waals surface area contributed by atoms with Crippen LogP contribution in [0.25, 0.3) is 5.82 Å². The van der Waals surface area contributed by atoms with Crippen LogP contribution in [0.4, 0.5) is 11.8 Å². The number of hydrogen-bond donors (Lipinski definition) is 3. The quantitative estimate of drug-likeness (QED) is 0.164. The molecule has 1 atom stereocenters. The SMILES string of the molecule is O=C(NCc1ccc(Cl)cc1Cl)C(CC1CCCCC1)Nc1nc(NCc2cccc(Cl)c2)cc(-n2ccnc2)n1. The maximum atomic E-state index is 13.6. The van der Waals surface area contributed by atoms with Crippen molar-refractivity contribution in [3.05, 3.63) is 93.4 Å². The second kappa shape index (κ2) is 14.0. The second-order valence-electron chi connectivity index (χ2n) is 10.3. The van der Waals surface area contributed by atoms with Gasteiger partial charge in [0.25, 0.3) is 0 Å². The Hall–Kier alpha value is -3.33. The molecule has 1 saturated carbocycles. The number of anilines is 2. The molecule has 2 aromatic carbocycles. The number of carbonyl (C=O) groups is 1. The van der Waals surface area contributed by atoms with Gasteiger partial charge in [-0.1, -0.05) is 85.1 Å². The van der Waals surface area contributed by atoms with Crippen LogP contribution in [0.3, 0.4) is 0 Å². The Bertz CT molecular complexity index is 1460. The van der Waals surface area contributed by atoms with Gasteiger partial charge in [0.2, 0.25) is 11.9 Å². The number of benzene rings is 2. The van der Waals surface area contributed by atoms with E-state index in [1.54, 1.807) is 29.2 Å². The van der Waals surface area contributed by atoms with Crippen molar-refractivity contribution in [3.63, 3.8) is 0 Å². The number of nitrogens with zero attached hydrogens (tertiary/aromatic N) is 4. The molecular weight excluding hydrogens is 581 g/mol. The van der Waals surface area contributed by atoms with Crippen molar-refractivity contribution in [2.24, 2.45) is 5.92 Å². The van der Waals surface area contributed by atoms with Gasteiger partial charge in [0, 0.05) is 46.6 Å². The molecule has 4 aromatic rings. The lowest BCUT2D eigenvalue weighted by molar-refractivity contribution is -0.122. The van der Waals surface area contributed by atoms with Gasteiger partial charge in [0.1, 0.15) is 24.0 Å². The van der Waals surface area contributed by atoms with Crippen molar-refractivity contribution < 1.29 is 4.79 Å². The first-order chi connectivity index (χ1) is 19.9. The van der Waals surface area contributed by atoms with Crippen molar-refractivity contribution in [2.75, 3.05) is 10.6 Å². The Kier molecular flexibility index (Phi) is 9.98. The van der Waals surface area contributed by atoms with E-state index in [-0.39, 0.29) is 5.91 Å². The fourth-order valence-electron chi connectivity index (χ4n) is 5.07. The highest BCUT2D eigenvalue weighted by atomic mass is 35.5. The number of halogens is 3. The van der Waals surface area contributed by atoms with E-state index in [1.165, 1.54) is 19.3 Å². The van der Waals surface area contributed by atoms with Crippen LogP contribution in [0.15, 0.2) is 67.3 Å². The van der Waals surface area contributed by atoms with Crippen LogP contribution in [-0.4, -0.2) is 31.5 Å². The number of imidazole rings is 1. The van der Waals surface area contributed by atoms with Crippen molar-refractivity contribution in [1.82, 2.24) is 24.8 Å². The fourth-order valence-corrected chi connectivity index (χ4v) is 5.76. The van der Waals surface area contributed by atoms with Gasteiger partial charge < -0.3 is 16.0 Å². The minimum Gasteiger partial charge on any atom is -0.366 e. The van der Waals surface area contributed by atoms with Gasteiger partial charge in [-0.3, -0.25) is 9.36 Å². The zero-order valence-electron chi connectivity index (χ0n) is 22.5. The topological polar surface area (TPSA) is 96.8 Å². The van der Waals surface area contributed by atoms with E-state index < -0.39 is 6.04 Å². The van der Waals surface area contributed by atoms with Crippen LogP contribution in [0, 0.1) is 5.92 Å². The highest BCUT2D eigenvalue weighted by Gasteiger charge is 2.26. The molecular formula is C30H32Cl3N7O. The first-order valence-electron chi connectivity index (χ1n) is 13.8. The molecule has 214 valence electrons. The maximum Gasteiger partial charge on any atom is 0.242 e. The third-order valence-electron chi connectivity index (χ3n) is 7.23. The molecule has 1 aliphatic carbocycles. The Morgan fingerprint density at radius 1 is 0.976 bits per heavy atom. The molecule has 5 rings (SSSR count). The van der Waals surface area contributed by atoms with Gasteiger partial charge in [-0.2, -0.15) is 9.97 Å². The van der Waals surface area contributed by atoms with E-state index >= 15 is 0 Å². The highest BCUT2D eigenvalue weighted by molar-refractivity contribution is 6.35. The maximum absolute atomic E-state index is 13.6. The summed E-state index contributed by atoms with van der Waals surface area (Å²) >= 11 is 18.6. The zero-order valence-corrected chi connectivity index (χ0v) is 24.8. The van der Waals surface area contributed by atoms with Gasteiger partial charge in [-0.15, -0.1) is 0 Å². The summed E-state index contributed by atoms with van der Waals surface area (Å²) in [4.78, 5) is 27.2. The zero-order chi connectivity index (χ0) is 28.6. The summed E-state index contributed by atoms with van der Waals surface area (Å²) < 4.78 is 1.80. The summed E-state index contributed by atoms with van der Waals surface area (Å²) in [5.41, 5.74) is 1.82. The number of rotatable bonds is 11. The largest absolute Gasteiger partial charge is 0.366 e. The van der Waals surface area contributed by atoms with Crippen molar-refractivity contribution in [3.8, 4) is 5.82 Å². The lowest BCUT2D eigenvalue weighted by Crippen LogP contribution is -2.41. The summed E-state index contributed by atoms with van der Waals surface area (Å²) in [7, 11) is 0. The first kappa shape index (κ1) is 29.2. The lowest BCUT2D eigenvalue weighted by atomic mass is 9.84.